The van der Waals surface area contributed by atoms with Gasteiger partial charge in [0.15, 0.2) is 0 Å². The number of hydrogen-bond donors (Lipinski definition) is 0. The number of nitrogens with zero attached hydrogens (tertiary/aromatic N) is 6. The van der Waals surface area contributed by atoms with Crippen molar-refractivity contribution in [2.24, 2.45) is 18.9 Å². The van der Waals surface area contributed by atoms with Crippen LogP contribution in [-0.4, -0.2) is 43.6 Å². The summed E-state index contributed by atoms with van der Waals surface area (Å²) in [5, 5.41) is 8.66. The van der Waals surface area contributed by atoms with Crippen LogP contribution in [0.5, 0.6) is 0 Å². The number of carbonyl (C=O) groups is 1. The van der Waals surface area contributed by atoms with E-state index < -0.39 is 0 Å². The number of aromatic nitrogens is 4. The van der Waals surface area contributed by atoms with Crippen LogP contribution in [0.3, 0.4) is 0 Å². The van der Waals surface area contributed by atoms with Gasteiger partial charge in [0.25, 0.3) is 5.91 Å². The van der Waals surface area contributed by atoms with Crippen LogP contribution in [0.2, 0.25) is 0 Å². The first kappa shape index (κ1) is 24.0. The third kappa shape index (κ3) is 4.35. The molecule has 7 heteroatoms. The zero-order valence-corrected chi connectivity index (χ0v) is 22.6. The molecule has 7 rings (SSSR count). The van der Waals surface area contributed by atoms with E-state index in [2.05, 4.69) is 52.4 Å². The monoisotopic (exact) mass is 510 g/mol. The zero-order chi connectivity index (χ0) is 25.8. The van der Waals surface area contributed by atoms with Crippen molar-refractivity contribution in [1.29, 1.82) is 0 Å². The van der Waals surface area contributed by atoms with Gasteiger partial charge < -0.3 is 9.47 Å². The second-order valence-corrected chi connectivity index (χ2v) is 12.2. The number of likely N-dealkylation sites (tertiary alicyclic amines) is 1. The predicted molar refractivity (Wildman–Crippen MR) is 147 cm³/mol. The molecule has 2 saturated carbocycles. The second-order valence-electron chi connectivity index (χ2n) is 12.2. The summed E-state index contributed by atoms with van der Waals surface area (Å²) in [6.45, 7) is 6.06. The SMILES string of the molecule is CC1CCCN(Cc2cc3c(c(C4CC4)n2)CN(c2cccc([C@@H](c4nncn4C)C4CCC4)c2)C3=O)C1. The van der Waals surface area contributed by atoms with Gasteiger partial charge in [-0.2, -0.15) is 0 Å². The van der Waals surface area contributed by atoms with Crippen molar-refractivity contribution in [2.75, 3.05) is 18.0 Å². The molecule has 1 saturated heterocycles. The molecule has 3 aromatic rings. The molecule has 0 radical (unpaired) electrons. The minimum absolute atomic E-state index is 0.119. The molecule has 198 valence electrons. The van der Waals surface area contributed by atoms with Crippen LogP contribution in [0.25, 0.3) is 0 Å². The van der Waals surface area contributed by atoms with Gasteiger partial charge in [-0.25, -0.2) is 0 Å². The Morgan fingerprint density at radius 2 is 1.95 bits per heavy atom. The summed E-state index contributed by atoms with van der Waals surface area (Å²) in [6, 6.07) is 10.7. The Bertz CT molecular complexity index is 1360. The molecule has 7 nitrogen and oxygen atoms in total. The summed E-state index contributed by atoms with van der Waals surface area (Å²) in [5.74, 6) is 3.16. The van der Waals surface area contributed by atoms with Crippen LogP contribution in [-0.2, 0) is 20.1 Å². The molecule has 4 heterocycles. The molecule has 3 fully saturated rings. The largest absolute Gasteiger partial charge is 0.320 e. The summed E-state index contributed by atoms with van der Waals surface area (Å²) < 4.78 is 2.05. The molecule has 1 aromatic carbocycles. The van der Waals surface area contributed by atoms with E-state index in [1.807, 2.05) is 16.5 Å². The lowest BCUT2D eigenvalue weighted by Gasteiger charge is -2.33. The number of piperidine rings is 1. The van der Waals surface area contributed by atoms with Crippen LogP contribution < -0.4 is 4.90 Å². The van der Waals surface area contributed by atoms with Crippen LogP contribution in [0, 0.1) is 11.8 Å². The lowest BCUT2D eigenvalue weighted by molar-refractivity contribution is 0.0996. The number of rotatable bonds is 7. The van der Waals surface area contributed by atoms with Crippen LogP contribution in [0.4, 0.5) is 5.69 Å². The number of amides is 1. The van der Waals surface area contributed by atoms with E-state index in [1.54, 1.807) is 6.33 Å². The van der Waals surface area contributed by atoms with Gasteiger partial charge in [-0.1, -0.05) is 25.5 Å². The van der Waals surface area contributed by atoms with Crippen molar-refractivity contribution in [2.45, 2.75) is 76.8 Å². The predicted octanol–water partition coefficient (Wildman–Crippen LogP) is 5.41. The lowest BCUT2D eigenvalue weighted by atomic mass is 9.72. The molecule has 2 aromatic heterocycles. The van der Waals surface area contributed by atoms with Gasteiger partial charge in [0.05, 0.1) is 12.2 Å². The van der Waals surface area contributed by atoms with Gasteiger partial charge in [0, 0.05) is 54.5 Å². The van der Waals surface area contributed by atoms with Gasteiger partial charge >= 0.3 is 0 Å². The van der Waals surface area contributed by atoms with Crippen molar-refractivity contribution in [3.05, 3.63) is 70.6 Å². The van der Waals surface area contributed by atoms with Crippen LogP contribution in [0.15, 0.2) is 36.7 Å². The molecule has 2 atom stereocenters. The highest BCUT2D eigenvalue weighted by Gasteiger charge is 2.38. The molecule has 0 N–H and O–H groups in total. The normalized spacial score (nSPS) is 22.9. The third-order valence-corrected chi connectivity index (χ3v) is 9.28. The smallest absolute Gasteiger partial charge is 0.259 e. The maximum atomic E-state index is 13.9. The number of pyridine rings is 1. The van der Waals surface area contributed by atoms with Gasteiger partial charge in [-0.3, -0.25) is 14.7 Å². The number of anilines is 1. The Morgan fingerprint density at radius 1 is 1.08 bits per heavy atom. The fraction of sp³-hybridized carbons (Fsp3) is 0.548. The van der Waals surface area contributed by atoms with E-state index in [9.17, 15) is 4.79 Å². The summed E-state index contributed by atoms with van der Waals surface area (Å²) in [5.41, 5.74) is 6.48. The molecule has 0 spiro atoms. The Balaban J connectivity index is 1.20. The average molecular weight is 511 g/mol. The molecule has 1 amide bonds. The first-order valence-corrected chi connectivity index (χ1v) is 14.6. The Labute approximate surface area is 225 Å². The number of aryl methyl sites for hydroxylation is 1. The van der Waals surface area contributed by atoms with Crippen molar-refractivity contribution in [1.82, 2.24) is 24.6 Å². The molecule has 2 aliphatic heterocycles. The number of fused-ring (bicyclic) bond motifs is 1. The Morgan fingerprint density at radius 3 is 2.66 bits per heavy atom. The highest BCUT2D eigenvalue weighted by molar-refractivity contribution is 6.10. The highest BCUT2D eigenvalue weighted by Crippen LogP contribution is 2.46. The number of carbonyl (C=O) groups excluding carboxylic acids is 1. The Kier molecular flexibility index (Phi) is 6.07. The number of hydrogen-bond acceptors (Lipinski definition) is 5. The maximum absolute atomic E-state index is 13.9. The topological polar surface area (TPSA) is 67.2 Å². The first-order chi connectivity index (χ1) is 18.5. The minimum atomic E-state index is 0.119. The zero-order valence-electron chi connectivity index (χ0n) is 22.6. The van der Waals surface area contributed by atoms with E-state index in [-0.39, 0.29) is 11.8 Å². The maximum Gasteiger partial charge on any atom is 0.259 e. The molecule has 1 unspecified atom stereocenters. The van der Waals surface area contributed by atoms with Gasteiger partial charge in [-0.15, -0.1) is 10.2 Å². The highest BCUT2D eigenvalue weighted by atomic mass is 16.2. The fourth-order valence-electron chi connectivity index (χ4n) is 6.89. The van der Waals surface area contributed by atoms with Crippen LogP contribution in [0.1, 0.15) is 102 Å². The van der Waals surface area contributed by atoms with Crippen molar-refractivity contribution >= 4 is 11.6 Å². The molecule has 4 aliphatic rings. The third-order valence-electron chi connectivity index (χ3n) is 9.28. The van der Waals surface area contributed by atoms with Crippen molar-refractivity contribution in [3.8, 4) is 0 Å². The van der Waals surface area contributed by atoms with Crippen LogP contribution >= 0.6 is 0 Å². The van der Waals surface area contributed by atoms with E-state index in [0.717, 1.165) is 53.9 Å². The molecule has 2 aliphatic carbocycles. The quantitative estimate of drug-likeness (QED) is 0.425. The van der Waals surface area contributed by atoms with Gasteiger partial charge in [0.1, 0.15) is 12.2 Å². The van der Waals surface area contributed by atoms with E-state index >= 15 is 0 Å². The molecule has 38 heavy (non-hydrogen) atoms. The van der Waals surface area contributed by atoms with E-state index in [0.29, 0.717) is 18.4 Å². The van der Waals surface area contributed by atoms with Crippen molar-refractivity contribution < 1.29 is 4.79 Å². The summed E-state index contributed by atoms with van der Waals surface area (Å²) in [6.07, 6.45) is 10.4. The van der Waals surface area contributed by atoms with Gasteiger partial charge in [0.2, 0.25) is 0 Å². The lowest BCUT2D eigenvalue weighted by Crippen LogP contribution is -2.34. The minimum Gasteiger partial charge on any atom is -0.320 e. The first-order valence-electron chi connectivity index (χ1n) is 14.6. The summed E-state index contributed by atoms with van der Waals surface area (Å²) >= 11 is 0. The fourth-order valence-corrected chi connectivity index (χ4v) is 6.89. The summed E-state index contributed by atoms with van der Waals surface area (Å²) in [7, 11) is 2.03. The van der Waals surface area contributed by atoms with E-state index in [1.165, 1.54) is 56.2 Å². The van der Waals surface area contributed by atoms with E-state index in [4.69, 9.17) is 4.98 Å². The standard InChI is InChI=1S/C31H38N6O/c1-20-6-5-13-36(16-20)17-24-15-26-27(29(33-24)22-11-12-22)18-37(31(26)38)25-10-4-9-23(14-25)28(21-7-3-8-21)30-34-32-19-35(30)2/h4,9-10,14-15,19-22,28H,3,5-8,11-13,16-18H2,1-2H3/t20?,28-/m0/s1. The molecular formula is C31H38N6O. The number of benzene rings is 1. The average Bonchev–Trinajstić information content (AvgIpc) is 3.57. The summed E-state index contributed by atoms with van der Waals surface area (Å²) in [4.78, 5) is 23.6. The molecular weight excluding hydrogens is 472 g/mol. The van der Waals surface area contributed by atoms with Gasteiger partial charge in [-0.05, 0) is 80.7 Å². The second kappa shape index (κ2) is 9.60. The Hall–Kier alpha value is -3.06. The van der Waals surface area contributed by atoms with Crippen molar-refractivity contribution in [3.63, 3.8) is 0 Å². The molecule has 0 bridgehead atoms.